The summed E-state index contributed by atoms with van der Waals surface area (Å²) in [6, 6.07) is 27.5. The van der Waals surface area contributed by atoms with Crippen LogP contribution in [0.1, 0.15) is 22.9 Å². The molecule has 1 fully saturated rings. The number of aliphatic hydroxyl groups excluding tert-OH is 1. The Morgan fingerprint density at radius 2 is 1.52 bits per heavy atom. The fourth-order valence-corrected chi connectivity index (χ4v) is 5.49. The van der Waals surface area contributed by atoms with Crippen molar-refractivity contribution in [1.82, 2.24) is 9.13 Å². The van der Waals surface area contributed by atoms with Crippen LogP contribution in [0, 0.1) is 0 Å². The molecule has 42 heavy (non-hydrogen) atoms. The fraction of sp³-hybridized carbons (Fsp3) is 0.312. The molecular formula is C32H33ClN2O7. The van der Waals surface area contributed by atoms with Gasteiger partial charge in [0.05, 0.1) is 40.1 Å². The number of aromatic nitrogens is 2. The number of halogens is 1. The van der Waals surface area contributed by atoms with Crippen LogP contribution >= 0.6 is 11.6 Å². The van der Waals surface area contributed by atoms with E-state index in [-0.39, 0.29) is 26.4 Å². The zero-order valence-electron chi connectivity index (χ0n) is 23.2. The molecule has 1 aliphatic rings. The van der Waals surface area contributed by atoms with Gasteiger partial charge < -0.3 is 24.1 Å². The van der Waals surface area contributed by atoms with Crippen molar-refractivity contribution in [3.05, 3.63) is 135 Å². The van der Waals surface area contributed by atoms with Gasteiger partial charge in [0, 0.05) is 12.3 Å². The largest absolute Gasteiger partial charge is 0.497 e. The highest BCUT2D eigenvalue weighted by atomic mass is 35.5. The van der Waals surface area contributed by atoms with Gasteiger partial charge in [-0.05, 0) is 28.8 Å². The van der Waals surface area contributed by atoms with Crippen molar-refractivity contribution in [2.45, 2.75) is 43.1 Å². The van der Waals surface area contributed by atoms with E-state index >= 15 is 0 Å². The summed E-state index contributed by atoms with van der Waals surface area (Å²) >= 11 is 6.98. The minimum atomic E-state index is -1.38. The van der Waals surface area contributed by atoms with Gasteiger partial charge in [-0.25, -0.2) is 4.79 Å². The topological polar surface area (TPSA) is 101 Å². The molecule has 2 heterocycles. The van der Waals surface area contributed by atoms with Crippen molar-refractivity contribution in [1.29, 1.82) is 0 Å². The number of hydrogen-bond acceptors (Lipinski definition) is 7. The molecule has 0 unspecified atom stereocenters. The lowest BCUT2D eigenvalue weighted by molar-refractivity contribution is -0.175. The van der Waals surface area contributed by atoms with Crippen LogP contribution < -0.4 is 16.0 Å². The maximum absolute atomic E-state index is 13.7. The first-order valence-corrected chi connectivity index (χ1v) is 14.0. The molecule has 4 aromatic rings. The van der Waals surface area contributed by atoms with Crippen LogP contribution in [0.2, 0.25) is 0 Å². The van der Waals surface area contributed by atoms with Crippen LogP contribution in [0.15, 0.2) is 107 Å². The molecule has 5 rings (SSSR count). The normalized spacial score (nSPS) is 21.8. The Bertz CT molecular complexity index is 1560. The lowest BCUT2D eigenvalue weighted by Gasteiger charge is -2.32. The van der Waals surface area contributed by atoms with Crippen molar-refractivity contribution in [3.63, 3.8) is 0 Å². The molecule has 1 saturated heterocycles. The molecule has 4 atom stereocenters. The Morgan fingerprint density at radius 3 is 2.14 bits per heavy atom. The summed E-state index contributed by atoms with van der Waals surface area (Å²) < 4.78 is 26.3. The third-order valence-electron chi connectivity index (χ3n) is 7.30. The summed E-state index contributed by atoms with van der Waals surface area (Å²) in [7, 11) is 1.56. The number of methoxy groups -OCH3 is 1. The summed E-state index contributed by atoms with van der Waals surface area (Å²) in [4.78, 5) is 26.4. The summed E-state index contributed by atoms with van der Waals surface area (Å²) in [5.41, 5.74) is 0.156. The van der Waals surface area contributed by atoms with E-state index in [0.717, 1.165) is 21.3 Å². The van der Waals surface area contributed by atoms with Crippen molar-refractivity contribution < 1.29 is 24.1 Å². The van der Waals surface area contributed by atoms with E-state index in [1.165, 1.54) is 16.8 Å². The van der Waals surface area contributed by atoms with E-state index in [4.69, 9.17) is 30.5 Å². The first kappa shape index (κ1) is 29.8. The van der Waals surface area contributed by atoms with Crippen LogP contribution in [0.5, 0.6) is 5.75 Å². The van der Waals surface area contributed by atoms with Gasteiger partial charge in [0.25, 0.3) is 5.56 Å². The molecule has 0 aliphatic carbocycles. The molecule has 10 heteroatoms. The predicted molar refractivity (Wildman–Crippen MR) is 158 cm³/mol. The second-order valence-corrected chi connectivity index (χ2v) is 10.7. The highest BCUT2D eigenvalue weighted by molar-refractivity contribution is 6.21. The van der Waals surface area contributed by atoms with Crippen molar-refractivity contribution >= 4 is 11.6 Å². The fourth-order valence-electron chi connectivity index (χ4n) is 5.02. The zero-order valence-corrected chi connectivity index (χ0v) is 23.9. The number of nitrogens with zero attached hydrogens (tertiary/aromatic N) is 2. The smallest absolute Gasteiger partial charge is 0.333 e. The molecule has 220 valence electrons. The second-order valence-electron chi connectivity index (χ2n) is 10.1. The van der Waals surface area contributed by atoms with Crippen LogP contribution in [-0.4, -0.2) is 51.6 Å². The van der Waals surface area contributed by atoms with Gasteiger partial charge in [-0.1, -0.05) is 72.8 Å². The Morgan fingerprint density at radius 1 is 0.881 bits per heavy atom. The average molecular weight is 593 g/mol. The number of aliphatic hydroxyl groups is 1. The third-order valence-corrected chi connectivity index (χ3v) is 7.75. The monoisotopic (exact) mass is 592 g/mol. The quantitative estimate of drug-likeness (QED) is 0.250. The number of ether oxygens (including phenoxy) is 4. The highest BCUT2D eigenvalue weighted by Gasteiger charge is 2.56. The minimum Gasteiger partial charge on any atom is -0.497 e. The summed E-state index contributed by atoms with van der Waals surface area (Å²) in [5, 5.41) is 9.78. The lowest BCUT2D eigenvalue weighted by atomic mass is 9.98. The first-order chi connectivity index (χ1) is 20.4. The molecule has 3 aromatic carbocycles. The Labute approximate surface area is 248 Å². The Balaban J connectivity index is 1.43. The molecule has 0 amide bonds. The van der Waals surface area contributed by atoms with E-state index in [2.05, 4.69) is 0 Å². The molecule has 0 spiro atoms. The van der Waals surface area contributed by atoms with Gasteiger partial charge in [0.1, 0.15) is 22.8 Å². The van der Waals surface area contributed by atoms with Crippen LogP contribution in [0.4, 0.5) is 0 Å². The van der Waals surface area contributed by atoms with Crippen LogP contribution in [-0.2, 0) is 34.0 Å². The van der Waals surface area contributed by atoms with Crippen molar-refractivity contribution in [3.8, 4) is 5.75 Å². The van der Waals surface area contributed by atoms with E-state index < -0.39 is 41.2 Å². The van der Waals surface area contributed by atoms with Crippen molar-refractivity contribution in [2.75, 3.05) is 20.3 Å². The first-order valence-electron chi connectivity index (χ1n) is 13.6. The van der Waals surface area contributed by atoms with E-state index in [9.17, 15) is 14.7 Å². The maximum atomic E-state index is 13.7. The van der Waals surface area contributed by atoms with E-state index in [1.54, 1.807) is 31.4 Å². The van der Waals surface area contributed by atoms with Gasteiger partial charge in [-0.15, -0.1) is 11.6 Å². The van der Waals surface area contributed by atoms with Gasteiger partial charge in [0.2, 0.25) is 0 Å². The molecule has 0 radical (unpaired) electrons. The van der Waals surface area contributed by atoms with Gasteiger partial charge in [-0.2, -0.15) is 0 Å². The summed E-state index contributed by atoms with van der Waals surface area (Å²) in [6.45, 7) is 0.0131. The Kier molecular flexibility index (Phi) is 9.56. The van der Waals surface area contributed by atoms with Gasteiger partial charge >= 0.3 is 5.69 Å². The van der Waals surface area contributed by atoms with Crippen LogP contribution in [0.3, 0.4) is 0 Å². The molecule has 1 aromatic heterocycles. The van der Waals surface area contributed by atoms with Gasteiger partial charge in [-0.3, -0.25) is 13.9 Å². The van der Waals surface area contributed by atoms with E-state index in [0.29, 0.717) is 5.75 Å². The third kappa shape index (κ3) is 6.51. The second kappa shape index (κ2) is 13.5. The molecule has 0 saturated carbocycles. The van der Waals surface area contributed by atoms with Crippen molar-refractivity contribution in [2.24, 2.45) is 0 Å². The summed E-state index contributed by atoms with van der Waals surface area (Å²) in [6.07, 6.45) is -0.531. The molecule has 9 nitrogen and oxygen atoms in total. The van der Waals surface area contributed by atoms with Crippen LogP contribution in [0.25, 0.3) is 0 Å². The summed E-state index contributed by atoms with van der Waals surface area (Å²) in [5.74, 6) is 0.664. The molecule has 0 bridgehead atoms. The number of hydrogen-bond donors (Lipinski definition) is 1. The standard InChI is InChI=1S/C32H33ClN2O7/c1-39-26-14-12-23(13-15-26)18-35-27(37)16-17-34(31(35)38)30-28(33)29(41-20-25-10-6-3-7-11-25)32(21-36,42-30)22-40-19-24-8-4-2-5-9-24/h2-17,28-30,36H,18-22H2,1H3/t28-,29+,30-,32-/m1/s1. The number of benzene rings is 3. The van der Waals surface area contributed by atoms with Gasteiger partial charge in [0.15, 0.2) is 6.23 Å². The average Bonchev–Trinajstić information content (AvgIpc) is 3.30. The number of rotatable bonds is 12. The zero-order chi connectivity index (χ0) is 29.5. The maximum Gasteiger partial charge on any atom is 0.333 e. The SMILES string of the molecule is COc1ccc(Cn2c(=O)ccn([C@@H]3O[C@](CO)(COCc4ccccc4)[C@@H](OCc4ccccc4)[C@H]3Cl)c2=O)cc1. The molecule has 1 N–H and O–H groups in total. The Hall–Kier alpha value is -3.73. The molecular weight excluding hydrogens is 560 g/mol. The van der Waals surface area contributed by atoms with E-state index in [1.807, 2.05) is 60.7 Å². The minimum absolute atomic E-state index is 0.0431. The number of alkyl halides is 1. The predicted octanol–water partition coefficient (Wildman–Crippen LogP) is 3.74. The molecule has 1 aliphatic heterocycles. The lowest BCUT2D eigenvalue weighted by Crippen LogP contribution is -2.50. The highest BCUT2D eigenvalue weighted by Crippen LogP contribution is 2.42.